The third kappa shape index (κ3) is 7.64. The number of ether oxygens (including phenoxy) is 2. The molecule has 7 atom stereocenters. The van der Waals surface area contributed by atoms with Crippen molar-refractivity contribution >= 4 is 11.8 Å². The average Bonchev–Trinajstić information content (AvgIpc) is 2.72. The minimum absolute atomic E-state index is 0.104. The number of carbonyl (C=O) groups excluding carboxylic acids is 1. The predicted molar refractivity (Wildman–Crippen MR) is 112 cm³/mol. The number of rotatable bonds is 11. The SMILES string of the molecule is C=CC(C)(CCC(=O)C(C)/C=C(C)/C=C(\C)C(=O)O)O[C@H]1O[C@H](CO)[C@@H](O)[C@H](O)[C@H]1O. The summed E-state index contributed by atoms with van der Waals surface area (Å²) in [5.41, 5.74) is -0.271. The van der Waals surface area contributed by atoms with Gasteiger partial charge in [-0.05, 0) is 33.3 Å². The first-order valence-electron chi connectivity index (χ1n) is 10.1. The fraction of sp³-hybridized carbons (Fsp3) is 0.636. The van der Waals surface area contributed by atoms with Crippen molar-refractivity contribution in [2.45, 2.75) is 76.8 Å². The molecule has 0 aromatic rings. The van der Waals surface area contributed by atoms with Crippen LogP contribution in [-0.4, -0.2) is 80.2 Å². The molecule has 2 unspecified atom stereocenters. The topological polar surface area (TPSA) is 154 Å². The Morgan fingerprint density at radius 3 is 2.32 bits per heavy atom. The highest BCUT2D eigenvalue weighted by atomic mass is 16.7. The normalized spacial score (nSPS) is 30.4. The summed E-state index contributed by atoms with van der Waals surface area (Å²) >= 11 is 0. The number of aliphatic carboxylic acids is 1. The van der Waals surface area contributed by atoms with Crippen LogP contribution in [0.5, 0.6) is 0 Å². The third-order valence-corrected chi connectivity index (χ3v) is 5.34. The van der Waals surface area contributed by atoms with Crippen LogP contribution in [0.25, 0.3) is 0 Å². The van der Waals surface area contributed by atoms with Crippen LogP contribution in [0.2, 0.25) is 0 Å². The van der Waals surface area contributed by atoms with Crippen molar-refractivity contribution in [3.05, 3.63) is 36.0 Å². The van der Waals surface area contributed by atoms with Crippen molar-refractivity contribution in [2.24, 2.45) is 5.92 Å². The average molecular weight is 443 g/mol. The summed E-state index contributed by atoms with van der Waals surface area (Å²) in [6, 6.07) is 0. The molecule has 0 saturated carbocycles. The van der Waals surface area contributed by atoms with Crippen LogP contribution < -0.4 is 0 Å². The monoisotopic (exact) mass is 442 g/mol. The molecule has 5 N–H and O–H groups in total. The second-order valence-electron chi connectivity index (χ2n) is 8.13. The lowest BCUT2D eigenvalue weighted by molar-refractivity contribution is -0.319. The van der Waals surface area contributed by atoms with Gasteiger partial charge in [0.05, 0.1) is 12.2 Å². The van der Waals surface area contributed by atoms with Crippen LogP contribution in [0.3, 0.4) is 0 Å². The molecule has 9 heteroatoms. The van der Waals surface area contributed by atoms with Gasteiger partial charge < -0.3 is 35.0 Å². The molecule has 0 aromatic carbocycles. The van der Waals surface area contributed by atoms with Gasteiger partial charge in [-0.3, -0.25) is 4.79 Å². The van der Waals surface area contributed by atoms with E-state index < -0.39 is 54.8 Å². The Balaban J connectivity index is 2.78. The van der Waals surface area contributed by atoms with E-state index in [0.717, 1.165) is 0 Å². The number of ketones is 1. The Kier molecular flexibility index (Phi) is 10.2. The molecule has 0 radical (unpaired) electrons. The van der Waals surface area contributed by atoms with Crippen molar-refractivity contribution in [1.82, 2.24) is 0 Å². The number of allylic oxidation sites excluding steroid dienone is 3. The van der Waals surface area contributed by atoms with Crippen LogP contribution in [0, 0.1) is 5.92 Å². The van der Waals surface area contributed by atoms with E-state index in [0.29, 0.717) is 5.57 Å². The Bertz CT molecular complexity index is 712. The van der Waals surface area contributed by atoms with Crippen molar-refractivity contribution in [2.75, 3.05) is 6.61 Å². The van der Waals surface area contributed by atoms with E-state index in [1.165, 1.54) is 19.1 Å². The number of aliphatic hydroxyl groups excluding tert-OH is 4. The molecule has 0 amide bonds. The molecule has 0 aromatic heterocycles. The summed E-state index contributed by atoms with van der Waals surface area (Å²) in [7, 11) is 0. The van der Waals surface area contributed by atoms with Crippen LogP contribution in [-0.2, 0) is 19.1 Å². The maximum Gasteiger partial charge on any atom is 0.331 e. The highest BCUT2D eigenvalue weighted by Gasteiger charge is 2.46. The molecule has 31 heavy (non-hydrogen) atoms. The maximum absolute atomic E-state index is 12.6. The van der Waals surface area contributed by atoms with Crippen LogP contribution in [0.1, 0.15) is 40.5 Å². The molecule has 1 aliphatic heterocycles. The molecule has 1 saturated heterocycles. The standard InChI is InChI=1S/C22H34O9/c1-6-22(5,31-21-19(27)18(26)17(25)16(11-23)30-21)8-7-15(24)13(3)9-12(2)10-14(4)20(28)29/h6,9-10,13,16-19,21,23,25-27H,1,7-8,11H2,2-5H3,(H,28,29)/b12-9+,14-10+/t13?,16-,17-,18+,19-,21-,22?/m1/s1. The van der Waals surface area contributed by atoms with Gasteiger partial charge in [-0.25, -0.2) is 4.79 Å². The van der Waals surface area contributed by atoms with Crippen molar-refractivity contribution in [1.29, 1.82) is 0 Å². The van der Waals surface area contributed by atoms with Crippen molar-refractivity contribution < 1.29 is 44.6 Å². The van der Waals surface area contributed by atoms with Gasteiger partial charge in [0, 0.05) is 17.9 Å². The van der Waals surface area contributed by atoms with Crippen LogP contribution >= 0.6 is 0 Å². The third-order valence-electron chi connectivity index (χ3n) is 5.34. The molecular formula is C22H34O9. The van der Waals surface area contributed by atoms with E-state index in [4.69, 9.17) is 14.6 Å². The fourth-order valence-corrected chi connectivity index (χ4v) is 3.18. The summed E-state index contributed by atoms with van der Waals surface area (Å²) in [6.45, 7) is 9.66. The molecule has 1 aliphatic rings. The zero-order valence-electron chi connectivity index (χ0n) is 18.4. The molecule has 1 fully saturated rings. The molecule has 1 heterocycles. The molecule has 9 nitrogen and oxygen atoms in total. The molecule has 0 aliphatic carbocycles. The quantitative estimate of drug-likeness (QED) is 0.177. The smallest absolute Gasteiger partial charge is 0.331 e. The Morgan fingerprint density at radius 1 is 1.19 bits per heavy atom. The first kappa shape index (κ1) is 27.2. The molecular weight excluding hydrogens is 408 g/mol. The second kappa shape index (κ2) is 11.7. The summed E-state index contributed by atoms with van der Waals surface area (Å²) in [4.78, 5) is 23.5. The van der Waals surface area contributed by atoms with Gasteiger partial charge in [0.1, 0.15) is 30.2 Å². The highest BCUT2D eigenvalue weighted by molar-refractivity contribution is 5.86. The van der Waals surface area contributed by atoms with E-state index in [2.05, 4.69) is 6.58 Å². The molecule has 0 bridgehead atoms. The van der Waals surface area contributed by atoms with E-state index >= 15 is 0 Å². The minimum Gasteiger partial charge on any atom is -0.478 e. The first-order chi connectivity index (χ1) is 14.3. The van der Waals surface area contributed by atoms with Crippen molar-refractivity contribution in [3.8, 4) is 0 Å². The molecule has 176 valence electrons. The number of aliphatic hydroxyl groups is 4. The zero-order chi connectivity index (χ0) is 23.9. The van der Waals surface area contributed by atoms with Crippen molar-refractivity contribution in [3.63, 3.8) is 0 Å². The summed E-state index contributed by atoms with van der Waals surface area (Å²) in [6.07, 6.45) is -2.13. The van der Waals surface area contributed by atoms with Gasteiger partial charge in [-0.1, -0.05) is 24.6 Å². The van der Waals surface area contributed by atoms with E-state index in [9.17, 15) is 30.0 Å². The number of carboxylic acids is 1. The maximum atomic E-state index is 12.6. The lowest BCUT2D eigenvalue weighted by Gasteiger charge is -2.42. The lowest BCUT2D eigenvalue weighted by atomic mass is 9.92. The zero-order valence-corrected chi connectivity index (χ0v) is 18.4. The molecule has 1 rings (SSSR count). The van der Waals surface area contributed by atoms with Gasteiger partial charge in [0.15, 0.2) is 6.29 Å². The molecule has 0 spiro atoms. The van der Waals surface area contributed by atoms with Gasteiger partial charge in [-0.2, -0.15) is 0 Å². The van der Waals surface area contributed by atoms with Gasteiger partial charge >= 0.3 is 5.97 Å². The number of Topliss-reactive ketones (excluding diaryl/α,β-unsaturated/α-hetero) is 1. The van der Waals surface area contributed by atoms with Gasteiger partial charge in [-0.15, -0.1) is 6.58 Å². The van der Waals surface area contributed by atoms with Crippen LogP contribution in [0.4, 0.5) is 0 Å². The van der Waals surface area contributed by atoms with Gasteiger partial charge in [0.2, 0.25) is 0 Å². The predicted octanol–water partition coefficient (Wildman–Crippen LogP) is 0.710. The van der Waals surface area contributed by atoms with E-state index in [1.807, 2.05) is 0 Å². The Morgan fingerprint density at radius 2 is 1.81 bits per heavy atom. The minimum atomic E-state index is -1.57. The summed E-state index contributed by atoms with van der Waals surface area (Å²) < 4.78 is 11.1. The fourth-order valence-electron chi connectivity index (χ4n) is 3.18. The largest absolute Gasteiger partial charge is 0.478 e. The number of carboxylic acid groups (broad SMARTS) is 1. The first-order valence-corrected chi connectivity index (χ1v) is 10.1. The number of hydrogen-bond acceptors (Lipinski definition) is 8. The highest BCUT2D eigenvalue weighted by Crippen LogP contribution is 2.29. The summed E-state index contributed by atoms with van der Waals surface area (Å²) in [5.74, 6) is -1.59. The van der Waals surface area contributed by atoms with E-state index in [1.54, 1.807) is 26.8 Å². The van der Waals surface area contributed by atoms with E-state index in [-0.39, 0.29) is 24.2 Å². The lowest BCUT2D eigenvalue weighted by Crippen LogP contribution is -2.60. The number of carbonyl (C=O) groups is 2. The van der Waals surface area contributed by atoms with Gasteiger partial charge in [0.25, 0.3) is 0 Å². The Labute approximate surface area is 182 Å². The van der Waals surface area contributed by atoms with Crippen LogP contribution in [0.15, 0.2) is 36.0 Å². The Hall–Kier alpha value is -1.88. The second-order valence-corrected chi connectivity index (χ2v) is 8.13. The summed E-state index contributed by atoms with van der Waals surface area (Å²) in [5, 5.41) is 48.2. The number of hydrogen-bond donors (Lipinski definition) is 5.